The Kier molecular flexibility index (Phi) is 7.81. The molecule has 5 rings (SSSR count). The Hall–Kier alpha value is -3.20. The molecule has 0 saturated heterocycles. The maximum atomic E-state index is 13.4. The number of alkyl halides is 6. The largest absolute Gasteiger partial charge is 0.534 e. The minimum Gasteiger partial charge on any atom is -0.376 e. The number of hydrogen-bond acceptors (Lipinski definition) is 6. The second kappa shape index (κ2) is 10.8. The molecule has 1 aliphatic carbocycles. The Morgan fingerprint density at radius 3 is 1.26 bits per heavy atom. The SMILES string of the molecule is O=S(=O)(Oc1ccc2ccc(OS(=O)(=O)C(F)(F)F)c3c2c1C(c1ccc(Cl)cc1)CC3c1ccc(Cl)cc1)C(F)(F)F. The van der Waals surface area contributed by atoms with E-state index in [1.165, 1.54) is 36.4 Å². The molecule has 0 bridgehead atoms. The molecule has 0 N–H and O–H groups in total. The Bertz CT molecular complexity index is 1790. The fourth-order valence-electron chi connectivity index (χ4n) is 5.07. The van der Waals surface area contributed by atoms with E-state index in [1.807, 2.05) is 0 Å². The summed E-state index contributed by atoms with van der Waals surface area (Å²) in [5.41, 5.74) is -11.0. The van der Waals surface area contributed by atoms with Crippen molar-refractivity contribution in [3.05, 3.63) is 105 Å². The molecule has 0 spiro atoms. The van der Waals surface area contributed by atoms with Crippen LogP contribution in [0.1, 0.15) is 40.5 Å². The topological polar surface area (TPSA) is 86.7 Å². The van der Waals surface area contributed by atoms with Gasteiger partial charge in [-0.2, -0.15) is 43.2 Å². The molecule has 0 heterocycles. The zero-order valence-electron chi connectivity index (χ0n) is 21.1. The fourth-order valence-corrected chi connectivity index (χ4v) is 6.27. The van der Waals surface area contributed by atoms with Gasteiger partial charge < -0.3 is 8.37 Å². The summed E-state index contributed by atoms with van der Waals surface area (Å²) in [6.45, 7) is 0. The average Bonchev–Trinajstić information content (AvgIpc) is 2.90. The summed E-state index contributed by atoms with van der Waals surface area (Å²) in [4.78, 5) is 0. The molecule has 0 radical (unpaired) electrons. The minimum atomic E-state index is -6.19. The molecule has 2 unspecified atom stereocenters. The van der Waals surface area contributed by atoms with Gasteiger partial charge in [-0.1, -0.05) is 59.6 Å². The summed E-state index contributed by atoms with van der Waals surface area (Å²) in [5.74, 6) is -3.34. The van der Waals surface area contributed by atoms with Gasteiger partial charge in [0.2, 0.25) is 0 Å². The van der Waals surface area contributed by atoms with Crippen LogP contribution in [0.15, 0.2) is 72.8 Å². The molecule has 0 aliphatic heterocycles. The highest BCUT2D eigenvalue weighted by Gasteiger charge is 2.51. The first kappa shape index (κ1) is 31.2. The molecule has 228 valence electrons. The fraction of sp³-hybridized carbons (Fsp3) is 0.185. The maximum Gasteiger partial charge on any atom is 0.534 e. The van der Waals surface area contributed by atoms with Gasteiger partial charge in [0.1, 0.15) is 11.5 Å². The van der Waals surface area contributed by atoms with E-state index in [4.69, 9.17) is 23.2 Å². The van der Waals surface area contributed by atoms with Crippen LogP contribution < -0.4 is 8.37 Å². The first-order valence-electron chi connectivity index (χ1n) is 12.0. The monoisotopic (exact) mass is 684 g/mol. The number of rotatable bonds is 6. The lowest BCUT2D eigenvalue weighted by molar-refractivity contribution is -0.0504. The Balaban J connectivity index is 1.88. The van der Waals surface area contributed by atoms with Crippen molar-refractivity contribution in [2.75, 3.05) is 0 Å². The molecule has 0 saturated carbocycles. The predicted octanol–water partition coefficient (Wildman–Crippen LogP) is 8.27. The van der Waals surface area contributed by atoms with Crippen molar-refractivity contribution in [1.29, 1.82) is 0 Å². The average molecular weight is 685 g/mol. The third-order valence-corrected chi connectivity index (χ3v) is 9.30. The Morgan fingerprint density at radius 2 is 0.930 bits per heavy atom. The standard InChI is InChI=1S/C27H16Cl2F6O6S2/c28-17-7-1-14(2-8-17)19-13-20(15-3-9-18(29)10-4-15)25-22(41-43(38,39)27(33,34)35)12-6-16-5-11-21(24(19)23(16)25)40-42(36,37)26(30,31)32/h1-12,19-20H,13H2. The van der Waals surface area contributed by atoms with E-state index in [9.17, 15) is 43.2 Å². The molecule has 0 fully saturated rings. The van der Waals surface area contributed by atoms with Crippen molar-refractivity contribution in [3.63, 3.8) is 0 Å². The molecule has 0 aromatic heterocycles. The predicted molar refractivity (Wildman–Crippen MR) is 146 cm³/mol. The van der Waals surface area contributed by atoms with Gasteiger partial charge >= 0.3 is 31.3 Å². The van der Waals surface area contributed by atoms with Crippen molar-refractivity contribution in [2.24, 2.45) is 0 Å². The van der Waals surface area contributed by atoms with Crippen LogP contribution in [0.25, 0.3) is 10.8 Å². The van der Waals surface area contributed by atoms with Crippen LogP contribution in [-0.2, 0) is 20.2 Å². The molecule has 4 aromatic rings. The van der Waals surface area contributed by atoms with E-state index < -0.39 is 54.6 Å². The van der Waals surface area contributed by atoms with Gasteiger partial charge in [0.15, 0.2) is 0 Å². The van der Waals surface area contributed by atoms with E-state index >= 15 is 0 Å². The summed E-state index contributed by atoms with van der Waals surface area (Å²) in [7, 11) is -12.4. The summed E-state index contributed by atoms with van der Waals surface area (Å²) < 4.78 is 138. The van der Waals surface area contributed by atoms with Gasteiger partial charge in [-0.3, -0.25) is 0 Å². The highest BCUT2D eigenvalue weighted by Crippen LogP contribution is 2.55. The van der Waals surface area contributed by atoms with Crippen LogP contribution >= 0.6 is 23.2 Å². The van der Waals surface area contributed by atoms with Crippen LogP contribution in [0.3, 0.4) is 0 Å². The zero-order chi connectivity index (χ0) is 31.5. The van der Waals surface area contributed by atoms with E-state index in [0.29, 0.717) is 21.2 Å². The van der Waals surface area contributed by atoms with E-state index in [-0.39, 0.29) is 28.3 Å². The highest BCUT2D eigenvalue weighted by molar-refractivity contribution is 7.88. The lowest BCUT2D eigenvalue weighted by Gasteiger charge is -2.35. The third kappa shape index (κ3) is 5.85. The summed E-state index contributed by atoms with van der Waals surface area (Å²) in [5, 5.41) is 0.820. The van der Waals surface area contributed by atoms with Crippen LogP contribution in [-0.4, -0.2) is 27.9 Å². The van der Waals surface area contributed by atoms with E-state index in [2.05, 4.69) is 8.37 Å². The molecular weight excluding hydrogens is 669 g/mol. The molecular formula is C27H16Cl2F6O6S2. The summed E-state index contributed by atoms with van der Waals surface area (Å²) in [6.07, 6.45) is -0.0930. The Morgan fingerprint density at radius 1 is 0.581 bits per heavy atom. The van der Waals surface area contributed by atoms with Crippen LogP contribution in [0, 0.1) is 0 Å². The van der Waals surface area contributed by atoms with Crippen LogP contribution in [0.2, 0.25) is 10.0 Å². The van der Waals surface area contributed by atoms with Crippen molar-refractivity contribution < 1.29 is 51.5 Å². The van der Waals surface area contributed by atoms with Gasteiger partial charge in [0.05, 0.1) is 0 Å². The Labute approximate surface area is 251 Å². The van der Waals surface area contributed by atoms with Gasteiger partial charge in [-0.05, 0) is 64.7 Å². The van der Waals surface area contributed by atoms with Gasteiger partial charge in [-0.25, -0.2) is 0 Å². The van der Waals surface area contributed by atoms with Gasteiger partial charge in [-0.15, -0.1) is 0 Å². The quantitative estimate of drug-likeness (QED) is 0.115. The summed E-state index contributed by atoms with van der Waals surface area (Å²) in [6, 6.07) is 16.5. The first-order valence-corrected chi connectivity index (χ1v) is 15.6. The first-order chi connectivity index (χ1) is 19.9. The maximum absolute atomic E-state index is 13.4. The second-order valence-corrected chi connectivity index (χ2v) is 13.4. The number of halogens is 8. The normalized spacial score (nSPS) is 17.6. The second-order valence-electron chi connectivity index (χ2n) is 9.46. The van der Waals surface area contributed by atoms with Crippen molar-refractivity contribution in [2.45, 2.75) is 29.3 Å². The summed E-state index contributed by atoms with van der Waals surface area (Å²) >= 11 is 12.1. The van der Waals surface area contributed by atoms with Crippen molar-refractivity contribution >= 4 is 54.2 Å². The van der Waals surface area contributed by atoms with E-state index in [1.54, 1.807) is 24.3 Å². The molecule has 43 heavy (non-hydrogen) atoms. The van der Waals surface area contributed by atoms with Crippen LogP contribution in [0.4, 0.5) is 26.3 Å². The van der Waals surface area contributed by atoms with E-state index in [0.717, 1.165) is 12.1 Å². The smallest absolute Gasteiger partial charge is 0.376 e. The lowest BCUT2D eigenvalue weighted by atomic mass is 9.70. The van der Waals surface area contributed by atoms with Crippen LogP contribution in [0.5, 0.6) is 11.5 Å². The number of benzene rings is 4. The zero-order valence-corrected chi connectivity index (χ0v) is 24.2. The number of hydrogen-bond donors (Lipinski definition) is 0. The van der Waals surface area contributed by atoms with Gasteiger partial charge in [0, 0.05) is 33.0 Å². The highest BCUT2D eigenvalue weighted by atomic mass is 35.5. The van der Waals surface area contributed by atoms with Gasteiger partial charge in [0.25, 0.3) is 0 Å². The van der Waals surface area contributed by atoms with Crippen molar-refractivity contribution in [3.8, 4) is 11.5 Å². The molecule has 6 nitrogen and oxygen atoms in total. The third-order valence-electron chi connectivity index (χ3n) is 6.87. The minimum absolute atomic E-state index is 0.0455. The molecule has 2 atom stereocenters. The lowest BCUT2D eigenvalue weighted by Crippen LogP contribution is -2.30. The molecule has 1 aliphatic rings. The molecule has 16 heteroatoms. The van der Waals surface area contributed by atoms with Crippen molar-refractivity contribution in [1.82, 2.24) is 0 Å². The molecule has 4 aromatic carbocycles. The molecule has 0 amide bonds.